The highest BCUT2D eigenvalue weighted by Crippen LogP contribution is 2.30. The van der Waals surface area contributed by atoms with E-state index >= 15 is 0 Å². The van der Waals surface area contributed by atoms with Gasteiger partial charge < -0.3 is 4.74 Å². The van der Waals surface area contributed by atoms with Gasteiger partial charge in [0.1, 0.15) is 16.7 Å². The van der Waals surface area contributed by atoms with E-state index in [1.807, 2.05) is 42.5 Å². The van der Waals surface area contributed by atoms with E-state index in [9.17, 15) is 4.79 Å². The quantitative estimate of drug-likeness (QED) is 0.539. The lowest BCUT2D eigenvalue weighted by atomic mass is 9.87. The predicted octanol–water partition coefficient (Wildman–Crippen LogP) is 4.03. The Labute approximate surface area is 141 Å². The smallest absolute Gasteiger partial charge is 0.310 e. The average molecular weight is 323 g/mol. The van der Waals surface area contributed by atoms with Gasteiger partial charge in [0.05, 0.1) is 0 Å². The summed E-state index contributed by atoms with van der Waals surface area (Å²) in [7, 11) is 0. The second kappa shape index (κ2) is 6.07. The molecular formula is C19H21N3O2. The summed E-state index contributed by atoms with van der Waals surface area (Å²) < 4.78 is 5.47. The van der Waals surface area contributed by atoms with Crippen molar-refractivity contribution in [3.63, 3.8) is 0 Å². The first-order valence-electron chi connectivity index (χ1n) is 8.06. The molecule has 5 nitrogen and oxygen atoms in total. The zero-order chi connectivity index (χ0) is 17.3. The molecule has 0 atom stereocenters. The fourth-order valence-corrected chi connectivity index (χ4v) is 2.39. The normalized spacial score (nSPS) is 11.7. The number of carbonyl (C=O) groups excluding carboxylic acids is 1. The zero-order valence-electron chi connectivity index (χ0n) is 14.4. The monoisotopic (exact) mass is 323 g/mol. The number of rotatable bonds is 3. The van der Waals surface area contributed by atoms with Crippen LogP contribution in [0.2, 0.25) is 0 Å². The van der Waals surface area contributed by atoms with Gasteiger partial charge in [-0.25, -0.2) is 0 Å². The SMILES string of the molecule is CCC(=O)Oc1ccc(C(C)(C)C)cc1-n1nc2ccccc2n1. The van der Waals surface area contributed by atoms with Gasteiger partial charge in [0.2, 0.25) is 0 Å². The molecule has 5 heteroatoms. The first kappa shape index (κ1) is 16.2. The first-order valence-corrected chi connectivity index (χ1v) is 8.06. The van der Waals surface area contributed by atoms with E-state index in [0.717, 1.165) is 16.6 Å². The molecule has 0 unspecified atom stereocenters. The Morgan fingerprint density at radius 3 is 2.25 bits per heavy atom. The summed E-state index contributed by atoms with van der Waals surface area (Å²) >= 11 is 0. The van der Waals surface area contributed by atoms with Gasteiger partial charge >= 0.3 is 5.97 Å². The van der Waals surface area contributed by atoms with Gasteiger partial charge in [0.25, 0.3) is 0 Å². The Balaban J connectivity index is 2.15. The molecule has 0 saturated heterocycles. The number of esters is 1. The van der Waals surface area contributed by atoms with Crippen LogP contribution in [0, 0.1) is 0 Å². The number of aromatic nitrogens is 3. The molecule has 24 heavy (non-hydrogen) atoms. The van der Waals surface area contributed by atoms with Crippen molar-refractivity contribution < 1.29 is 9.53 Å². The van der Waals surface area contributed by atoms with E-state index in [-0.39, 0.29) is 11.4 Å². The zero-order valence-corrected chi connectivity index (χ0v) is 14.4. The van der Waals surface area contributed by atoms with Crippen LogP contribution < -0.4 is 4.74 Å². The third-order valence-corrected chi connectivity index (χ3v) is 3.84. The van der Waals surface area contributed by atoms with Crippen LogP contribution in [0.3, 0.4) is 0 Å². The topological polar surface area (TPSA) is 57.0 Å². The minimum atomic E-state index is -0.281. The minimum Gasteiger partial charge on any atom is -0.424 e. The molecule has 1 heterocycles. The van der Waals surface area contributed by atoms with Crippen LogP contribution in [0.1, 0.15) is 39.7 Å². The number of carbonyl (C=O) groups is 1. The van der Waals surface area contributed by atoms with Gasteiger partial charge in [-0.15, -0.1) is 15.0 Å². The van der Waals surface area contributed by atoms with Crippen LogP contribution >= 0.6 is 0 Å². The molecular weight excluding hydrogens is 302 g/mol. The second-order valence-corrected chi connectivity index (χ2v) is 6.74. The number of hydrogen-bond donors (Lipinski definition) is 0. The molecule has 0 bridgehead atoms. The summed E-state index contributed by atoms with van der Waals surface area (Å²) in [6, 6.07) is 13.4. The molecule has 0 saturated carbocycles. The number of benzene rings is 2. The van der Waals surface area contributed by atoms with Gasteiger partial charge in [-0.3, -0.25) is 4.79 Å². The highest BCUT2D eigenvalue weighted by atomic mass is 16.5. The average Bonchev–Trinajstić information content (AvgIpc) is 2.97. The van der Waals surface area contributed by atoms with Crippen molar-refractivity contribution in [3.05, 3.63) is 48.0 Å². The largest absolute Gasteiger partial charge is 0.424 e. The predicted molar refractivity (Wildman–Crippen MR) is 93.5 cm³/mol. The summed E-state index contributed by atoms with van der Waals surface area (Å²) in [6.45, 7) is 8.18. The fourth-order valence-electron chi connectivity index (χ4n) is 2.39. The van der Waals surface area contributed by atoms with E-state index < -0.39 is 0 Å². The maximum atomic E-state index is 11.7. The molecule has 0 spiro atoms. The summed E-state index contributed by atoms with van der Waals surface area (Å²) in [6.07, 6.45) is 0.314. The summed E-state index contributed by atoms with van der Waals surface area (Å²) in [5, 5.41) is 9.03. The van der Waals surface area contributed by atoms with Crippen LogP contribution in [0.5, 0.6) is 5.75 Å². The molecule has 0 aliphatic rings. The van der Waals surface area contributed by atoms with Crippen molar-refractivity contribution in [1.29, 1.82) is 0 Å². The molecule has 0 amide bonds. The summed E-state index contributed by atoms with van der Waals surface area (Å²) in [5.41, 5.74) is 3.35. The van der Waals surface area contributed by atoms with Crippen LogP contribution in [-0.2, 0) is 10.2 Å². The van der Waals surface area contributed by atoms with Crippen molar-refractivity contribution in [2.75, 3.05) is 0 Å². The van der Waals surface area contributed by atoms with Gasteiger partial charge in [-0.1, -0.05) is 45.9 Å². The van der Waals surface area contributed by atoms with Crippen LogP contribution in [0.4, 0.5) is 0 Å². The van der Waals surface area contributed by atoms with Gasteiger partial charge in [0.15, 0.2) is 5.75 Å². The molecule has 124 valence electrons. The van der Waals surface area contributed by atoms with E-state index in [4.69, 9.17) is 4.74 Å². The molecule has 0 aliphatic carbocycles. The Morgan fingerprint density at radius 2 is 1.71 bits per heavy atom. The number of fused-ring (bicyclic) bond motifs is 1. The number of ether oxygens (including phenoxy) is 1. The Hall–Kier alpha value is -2.69. The van der Waals surface area contributed by atoms with Crippen LogP contribution in [0.15, 0.2) is 42.5 Å². The lowest BCUT2D eigenvalue weighted by Gasteiger charge is -2.20. The molecule has 0 N–H and O–H groups in total. The van der Waals surface area contributed by atoms with E-state index in [0.29, 0.717) is 17.9 Å². The molecule has 2 aromatic carbocycles. The highest BCUT2D eigenvalue weighted by Gasteiger charge is 2.19. The molecule has 3 aromatic rings. The van der Waals surface area contributed by atoms with Crippen molar-refractivity contribution >= 4 is 17.0 Å². The van der Waals surface area contributed by atoms with E-state index in [2.05, 4.69) is 31.0 Å². The number of nitrogens with zero attached hydrogens (tertiary/aromatic N) is 3. The van der Waals surface area contributed by atoms with Crippen molar-refractivity contribution in [1.82, 2.24) is 15.0 Å². The minimum absolute atomic E-state index is 0.0331. The Kier molecular flexibility index (Phi) is 4.09. The van der Waals surface area contributed by atoms with Gasteiger partial charge in [-0.2, -0.15) is 0 Å². The van der Waals surface area contributed by atoms with Gasteiger partial charge in [-0.05, 0) is 35.2 Å². The first-order chi connectivity index (χ1) is 11.4. The third kappa shape index (κ3) is 3.15. The van der Waals surface area contributed by atoms with E-state index in [1.54, 1.807) is 6.92 Å². The van der Waals surface area contributed by atoms with Crippen LogP contribution in [0.25, 0.3) is 16.7 Å². The molecule has 1 aromatic heterocycles. The number of hydrogen-bond acceptors (Lipinski definition) is 4. The Bertz CT molecular complexity index is 858. The van der Waals surface area contributed by atoms with E-state index in [1.165, 1.54) is 4.80 Å². The second-order valence-electron chi connectivity index (χ2n) is 6.74. The molecule has 0 aliphatic heterocycles. The molecule has 0 fully saturated rings. The van der Waals surface area contributed by atoms with Crippen molar-refractivity contribution in [3.8, 4) is 11.4 Å². The molecule has 0 radical (unpaired) electrons. The summed E-state index contributed by atoms with van der Waals surface area (Å²) in [4.78, 5) is 13.3. The lowest BCUT2D eigenvalue weighted by Crippen LogP contribution is -2.14. The van der Waals surface area contributed by atoms with Crippen molar-refractivity contribution in [2.45, 2.75) is 39.5 Å². The van der Waals surface area contributed by atoms with Gasteiger partial charge in [0, 0.05) is 6.42 Å². The van der Waals surface area contributed by atoms with Crippen molar-refractivity contribution in [2.24, 2.45) is 0 Å². The maximum Gasteiger partial charge on any atom is 0.310 e. The Morgan fingerprint density at radius 1 is 1.08 bits per heavy atom. The third-order valence-electron chi connectivity index (χ3n) is 3.84. The maximum absolute atomic E-state index is 11.7. The lowest BCUT2D eigenvalue weighted by molar-refractivity contribution is -0.134. The fraction of sp³-hybridized carbons (Fsp3) is 0.316. The standard InChI is InChI=1S/C19H21N3O2/c1-5-18(23)24-17-11-10-13(19(2,3)4)12-16(17)22-20-14-8-6-7-9-15(14)21-22/h6-12H,5H2,1-4H3. The molecule has 3 rings (SSSR count). The van der Waals surface area contributed by atoms with Crippen LogP contribution in [-0.4, -0.2) is 21.0 Å². The summed E-state index contributed by atoms with van der Waals surface area (Å²) in [5.74, 6) is 0.187. The highest BCUT2D eigenvalue weighted by molar-refractivity contribution is 5.75.